The van der Waals surface area contributed by atoms with E-state index in [2.05, 4.69) is 112 Å². The molecule has 0 rings (SSSR count). The van der Waals surface area contributed by atoms with Crippen LogP contribution in [0.2, 0.25) is 0 Å². The summed E-state index contributed by atoms with van der Waals surface area (Å²) in [4.78, 5) is 38.1. The van der Waals surface area contributed by atoms with E-state index in [4.69, 9.17) is 14.2 Å². The topological polar surface area (TPSA) is 78.9 Å². The molecule has 0 aliphatic rings. The highest BCUT2D eigenvalue weighted by Crippen LogP contribution is 2.14. The van der Waals surface area contributed by atoms with Gasteiger partial charge in [0.15, 0.2) is 6.10 Å². The molecule has 0 aromatic heterocycles. The van der Waals surface area contributed by atoms with E-state index < -0.39 is 6.10 Å². The van der Waals surface area contributed by atoms with Gasteiger partial charge in [0.2, 0.25) is 0 Å². The Labute approximate surface area is 419 Å². The van der Waals surface area contributed by atoms with E-state index in [1.54, 1.807) is 0 Å². The first kappa shape index (κ1) is 64.1. The summed E-state index contributed by atoms with van der Waals surface area (Å²) in [6.45, 7) is 6.35. The Kier molecular flexibility index (Phi) is 52.4. The molecule has 0 aliphatic carbocycles. The van der Waals surface area contributed by atoms with Crippen molar-refractivity contribution in [2.45, 2.75) is 252 Å². The largest absolute Gasteiger partial charge is 0.462 e. The second-order valence-electron chi connectivity index (χ2n) is 18.2. The number of hydrogen-bond acceptors (Lipinski definition) is 6. The normalized spacial score (nSPS) is 12.9. The molecule has 0 fully saturated rings. The highest BCUT2D eigenvalue weighted by atomic mass is 16.6. The minimum absolute atomic E-state index is 0.0983. The van der Waals surface area contributed by atoms with E-state index in [9.17, 15) is 14.4 Å². The fraction of sp³-hybridized carbons (Fsp3) is 0.661. The quantitative estimate of drug-likeness (QED) is 0.0199. The molecular formula is C62H102O6. The Morgan fingerprint density at radius 3 is 1.09 bits per heavy atom. The molecule has 0 spiro atoms. The molecule has 0 amide bonds. The molecular weight excluding hydrogens is 841 g/mol. The minimum atomic E-state index is -0.801. The molecule has 6 heteroatoms. The zero-order chi connectivity index (χ0) is 49.3. The molecule has 0 aliphatic heterocycles. The van der Waals surface area contributed by atoms with Crippen LogP contribution in [0.4, 0.5) is 0 Å². The number of allylic oxidation sites excluding steroid dienone is 18. The van der Waals surface area contributed by atoms with E-state index in [0.717, 1.165) is 135 Å². The number of ether oxygens (including phenoxy) is 3. The summed E-state index contributed by atoms with van der Waals surface area (Å²) >= 11 is 0. The lowest BCUT2D eigenvalue weighted by Crippen LogP contribution is -2.30. The lowest BCUT2D eigenvalue weighted by molar-refractivity contribution is -0.167. The van der Waals surface area contributed by atoms with Crippen molar-refractivity contribution in [2.75, 3.05) is 13.2 Å². The molecule has 0 heterocycles. The number of esters is 3. The third kappa shape index (κ3) is 53.0. The Hall–Kier alpha value is -3.93. The maximum atomic E-state index is 12.8. The highest BCUT2D eigenvalue weighted by Gasteiger charge is 2.19. The molecule has 0 radical (unpaired) electrons. The molecule has 1 atom stereocenters. The second kappa shape index (κ2) is 55.7. The second-order valence-corrected chi connectivity index (χ2v) is 18.2. The number of rotatable bonds is 49. The lowest BCUT2D eigenvalue weighted by atomic mass is 10.1. The van der Waals surface area contributed by atoms with Crippen LogP contribution in [0, 0.1) is 0 Å². The van der Waals surface area contributed by atoms with Crippen molar-refractivity contribution >= 4 is 17.9 Å². The summed E-state index contributed by atoms with van der Waals surface area (Å²) in [5, 5.41) is 0. The van der Waals surface area contributed by atoms with Crippen LogP contribution in [0.15, 0.2) is 109 Å². The van der Waals surface area contributed by atoms with Gasteiger partial charge in [-0.25, -0.2) is 0 Å². The third-order valence-corrected chi connectivity index (χ3v) is 11.6. The van der Waals surface area contributed by atoms with Gasteiger partial charge in [-0.15, -0.1) is 0 Å². The van der Waals surface area contributed by atoms with Gasteiger partial charge in [0.25, 0.3) is 0 Å². The fourth-order valence-corrected chi connectivity index (χ4v) is 7.44. The maximum Gasteiger partial charge on any atom is 0.306 e. The van der Waals surface area contributed by atoms with Crippen LogP contribution in [-0.4, -0.2) is 37.2 Å². The van der Waals surface area contributed by atoms with Crippen LogP contribution < -0.4 is 0 Å². The van der Waals surface area contributed by atoms with E-state index in [1.165, 1.54) is 70.6 Å². The van der Waals surface area contributed by atoms with E-state index >= 15 is 0 Å². The zero-order valence-electron chi connectivity index (χ0n) is 44.1. The molecule has 0 saturated carbocycles. The fourth-order valence-electron chi connectivity index (χ4n) is 7.44. The average molecular weight is 943 g/mol. The van der Waals surface area contributed by atoms with Gasteiger partial charge in [-0.1, -0.05) is 233 Å². The predicted molar refractivity (Wildman–Crippen MR) is 293 cm³/mol. The number of carbonyl (C=O) groups is 3. The van der Waals surface area contributed by atoms with Crippen LogP contribution in [0.3, 0.4) is 0 Å². The Morgan fingerprint density at radius 1 is 0.324 bits per heavy atom. The van der Waals surface area contributed by atoms with Gasteiger partial charge >= 0.3 is 17.9 Å². The van der Waals surface area contributed by atoms with E-state index in [0.29, 0.717) is 19.3 Å². The molecule has 386 valence electrons. The summed E-state index contributed by atoms with van der Waals surface area (Å²) in [7, 11) is 0. The van der Waals surface area contributed by atoms with Crippen molar-refractivity contribution in [2.24, 2.45) is 0 Å². The number of hydrogen-bond donors (Lipinski definition) is 0. The standard InChI is InChI=1S/C62H102O6/c1-4-7-10-13-16-19-22-25-28-30-31-32-35-37-40-43-46-49-52-55-61(64)67-58-59(57-66-60(63)54-51-48-45-42-39-36-33-27-24-21-18-15-12-9-6-3)68-62(65)56-53-50-47-44-41-38-34-29-26-23-20-17-14-11-8-5-2/h7,9-10,12,15-16,18-19,21,24-25,27-29,31-34,59H,4-6,8,11,13-14,17,20,22-23,26,30,35-58H2,1-3H3/b10-7-,12-9-,18-15-,19-16-,24-21-,28-25-,32-31-,33-27-,34-29-. The van der Waals surface area contributed by atoms with Crippen molar-refractivity contribution in [3.8, 4) is 0 Å². The van der Waals surface area contributed by atoms with Gasteiger partial charge in [0.1, 0.15) is 13.2 Å². The van der Waals surface area contributed by atoms with E-state index in [1.807, 2.05) is 18.2 Å². The molecule has 68 heavy (non-hydrogen) atoms. The molecule has 6 nitrogen and oxygen atoms in total. The van der Waals surface area contributed by atoms with Gasteiger partial charge in [0.05, 0.1) is 0 Å². The monoisotopic (exact) mass is 943 g/mol. The van der Waals surface area contributed by atoms with Gasteiger partial charge in [-0.05, 0) is 103 Å². The molecule has 0 aromatic rings. The minimum Gasteiger partial charge on any atom is -0.462 e. The molecule has 0 saturated heterocycles. The van der Waals surface area contributed by atoms with Crippen molar-refractivity contribution in [3.05, 3.63) is 109 Å². The first-order valence-corrected chi connectivity index (χ1v) is 27.9. The SMILES string of the molecule is CC\C=C/C=C\C=C/C=C\CCCCCCCC(=O)OCC(COC(=O)CCCCCCCC/C=C\C/C=C\C/C=C\C/C=C\CC)OC(=O)CCCCCCC/C=C\CCCCCCCCC. The van der Waals surface area contributed by atoms with Gasteiger partial charge in [0, 0.05) is 19.3 Å². The van der Waals surface area contributed by atoms with Crippen molar-refractivity contribution < 1.29 is 28.6 Å². The summed E-state index contributed by atoms with van der Waals surface area (Å²) < 4.78 is 16.8. The zero-order valence-corrected chi connectivity index (χ0v) is 44.1. The number of unbranched alkanes of at least 4 members (excludes halogenated alkanes) is 23. The van der Waals surface area contributed by atoms with Crippen LogP contribution in [0.5, 0.6) is 0 Å². The first-order chi connectivity index (χ1) is 33.5. The summed E-state index contributed by atoms with van der Waals surface area (Å²) in [6.07, 6.45) is 75.0. The average Bonchev–Trinajstić information content (AvgIpc) is 3.34. The van der Waals surface area contributed by atoms with Crippen LogP contribution in [0.25, 0.3) is 0 Å². The lowest BCUT2D eigenvalue weighted by Gasteiger charge is -2.18. The van der Waals surface area contributed by atoms with Crippen LogP contribution in [-0.2, 0) is 28.6 Å². The van der Waals surface area contributed by atoms with Crippen molar-refractivity contribution in [3.63, 3.8) is 0 Å². The van der Waals surface area contributed by atoms with Gasteiger partial charge < -0.3 is 14.2 Å². The maximum absolute atomic E-state index is 12.8. The summed E-state index contributed by atoms with van der Waals surface area (Å²) in [5.74, 6) is -0.943. The van der Waals surface area contributed by atoms with Crippen LogP contribution >= 0.6 is 0 Å². The Balaban J connectivity index is 4.47. The van der Waals surface area contributed by atoms with Crippen molar-refractivity contribution in [1.29, 1.82) is 0 Å². The summed E-state index contributed by atoms with van der Waals surface area (Å²) in [5.41, 5.74) is 0. The van der Waals surface area contributed by atoms with Gasteiger partial charge in [-0.2, -0.15) is 0 Å². The number of carbonyl (C=O) groups excluding carboxylic acids is 3. The smallest absolute Gasteiger partial charge is 0.306 e. The Bertz CT molecular complexity index is 1410. The van der Waals surface area contributed by atoms with Gasteiger partial charge in [-0.3, -0.25) is 14.4 Å². The summed E-state index contributed by atoms with van der Waals surface area (Å²) in [6, 6.07) is 0. The third-order valence-electron chi connectivity index (χ3n) is 11.6. The Morgan fingerprint density at radius 2 is 0.647 bits per heavy atom. The van der Waals surface area contributed by atoms with E-state index in [-0.39, 0.29) is 31.1 Å². The molecule has 0 aromatic carbocycles. The van der Waals surface area contributed by atoms with Crippen molar-refractivity contribution in [1.82, 2.24) is 0 Å². The molecule has 0 bridgehead atoms. The molecule has 1 unspecified atom stereocenters. The highest BCUT2D eigenvalue weighted by molar-refractivity contribution is 5.71. The van der Waals surface area contributed by atoms with Crippen LogP contribution in [0.1, 0.15) is 245 Å². The predicted octanol–water partition coefficient (Wildman–Crippen LogP) is 18.7. The molecule has 0 N–H and O–H groups in total. The first-order valence-electron chi connectivity index (χ1n) is 27.9.